The minimum Gasteiger partial charge on any atom is -0.469 e. The Bertz CT molecular complexity index is 733. The highest BCUT2D eigenvalue weighted by molar-refractivity contribution is 7.99. The molecule has 1 amide bonds. The Kier molecular flexibility index (Phi) is 13.0. The van der Waals surface area contributed by atoms with Crippen LogP contribution < -0.4 is 5.32 Å². The molecule has 0 aliphatic heterocycles. The molecule has 31 heavy (non-hydrogen) atoms. The van der Waals surface area contributed by atoms with Crippen molar-refractivity contribution in [2.24, 2.45) is 0 Å². The molecule has 1 aromatic carbocycles. The summed E-state index contributed by atoms with van der Waals surface area (Å²) in [6, 6.07) is -0.514. The van der Waals surface area contributed by atoms with Gasteiger partial charge >= 0.3 is 5.97 Å². The van der Waals surface area contributed by atoms with Crippen LogP contribution in [0.4, 0.5) is 17.6 Å². The van der Waals surface area contributed by atoms with Crippen molar-refractivity contribution in [1.82, 2.24) is 5.32 Å². The molecule has 1 atom stereocenters. The van der Waals surface area contributed by atoms with Crippen molar-refractivity contribution in [1.29, 1.82) is 0 Å². The number of ether oxygens (including phenoxy) is 1. The Hall–Kier alpha value is -2.03. The van der Waals surface area contributed by atoms with Crippen molar-refractivity contribution in [2.75, 3.05) is 12.9 Å². The molecule has 0 unspecified atom stereocenters. The number of carbonyl (C=O) groups excluding carboxylic acids is 2. The Balaban J connectivity index is 2.68. The predicted molar refractivity (Wildman–Crippen MR) is 113 cm³/mol. The molecule has 4 nitrogen and oxygen atoms in total. The lowest BCUT2D eigenvalue weighted by Crippen LogP contribution is -2.36. The topological polar surface area (TPSA) is 55.4 Å². The number of hydrogen-bond acceptors (Lipinski definition) is 4. The first-order valence-corrected chi connectivity index (χ1v) is 11.3. The van der Waals surface area contributed by atoms with E-state index in [0.717, 1.165) is 25.7 Å². The van der Waals surface area contributed by atoms with E-state index in [0.29, 0.717) is 11.8 Å². The molecule has 0 aliphatic rings. The van der Waals surface area contributed by atoms with Gasteiger partial charge in [0, 0.05) is 30.7 Å². The fourth-order valence-corrected chi connectivity index (χ4v) is 3.80. The van der Waals surface area contributed by atoms with E-state index in [1.165, 1.54) is 13.5 Å². The van der Waals surface area contributed by atoms with Gasteiger partial charge in [0.25, 0.3) is 0 Å². The summed E-state index contributed by atoms with van der Waals surface area (Å²) < 4.78 is 59.1. The summed E-state index contributed by atoms with van der Waals surface area (Å²) in [6.07, 6.45) is 9.27. The zero-order chi connectivity index (χ0) is 23.2. The Morgan fingerprint density at radius 1 is 1.10 bits per heavy atom. The Labute approximate surface area is 184 Å². The van der Waals surface area contributed by atoms with Gasteiger partial charge in [-0.05, 0) is 19.3 Å². The summed E-state index contributed by atoms with van der Waals surface area (Å²) in [5, 5.41) is 2.69. The van der Waals surface area contributed by atoms with E-state index < -0.39 is 40.2 Å². The van der Waals surface area contributed by atoms with Crippen LogP contribution in [0.1, 0.15) is 58.3 Å². The number of benzene rings is 1. The molecule has 0 saturated heterocycles. The second-order valence-corrected chi connectivity index (χ2v) is 8.04. The van der Waals surface area contributed by atoms with Crippen molar-refractivity contribution in [3.8, 4) is 0 Å². The van der Waals surface area contributed by atoms with Crippen LogP contribution in [0.25, 0.3) is 0 Å². The highest BCUT2D eigenvalue weighted by Crippen LogP contribution is 2.29. The number of methoxy groups -OCH3 is 1. The molecule has 0 bridgehead atoms. The van der Waals surface area contributed by atoms with Gasteiger partial charge in [-0.15, -0.1) is 11.8 Å². The van der Waals surface area contributed by atoms with Gasteiger partial charge in [-0.3, -0.25) is 9.59 Å². The van der Waals surface area contributed by atoms with Gasteiger partial charge in [0.1, 0.15) is 0 Å². The number of halogens is 4. The van der Waals surface area contributed by atoms with Gasteiger partial charge in [0.2, 0.25) is 5.91 Å². The summed E-state index contributed by atoms with van der Waals surface area (Å²) in [6.45, 7) is 2.13. The summed E-state index contributed by atoms with van der Waals surface area (Å²) in [5.74, 6) is -6.90. The van der Waals surface area contributed by atoms with Gasteiger partial charge < -0.3 is 10.1 Å². The predicted octanol–water partition coefficient (Wildman–Crippen LogP) is 5.69. The zero-order valence-corrected chi connectivity index (χ0v) is 18.6. The average Bonchev–Trinajstić information content (AvgIpc) is 2.74. The van der Waals surface area contributed by atoms with E-state index in [2.05, 4.69) is 17.0 Å². The lowest BCUT2D eigenvalue weighted by molar-refractivity contribution is -0.141. The molecule has 1 aromatic rings. The molecule has 9 heteroatoms. The van der Waals surface area contributed by atoms with E-state index in [1.54, 1.807) is 6.08 Å². The number of esters is 1. The van der Waals surface area contributed by atoms with Crippen molar-refractivity contribution < 1.29 is 31.9 Å². The van der Waals surface area contributed by atoms with Crippen LogP contribution in [0.3, 0.4) is 0 Å². The molecular formula is C22H29F4NO3S. The molecule has 1 N–H and O–H groups in total. The minimum absolute atomic E-state index is 0.0300. The lowest BCUT2D eigenvalue weighted by atomic mass is 10.1. The van der Waals surface area contributed by atoms with Gasteiger partial charge in [0.15, 0.2) is 23.3 Å². The first kappa shape index (κ1) is 27.0. The molecule has 0 heterocycles. The van der Waals surface area contributed by atoms with Crippen molar-refractivity contribution >= 4 is 23.6 Å². The molecule has 1 rings (SSSR count). The second kappa shape index (κ2) is 14.9. The monoisotopic (exact) mass is 463 g/mol. The molecule has 0 spiro atoms. The number of hydrogen-bond donors (Lipinski definition) is 1. The van der Waals surface area contributed by atoms with Crippen LogP contribution in [0, 0.1) is 23.3 Å². The number of carbonyl (C=O) groups is 2. The number of unbranched alkanes of at least 4 members (excludes halogenated alkanes) is 4. The van der Waals surface area contributed by atoms with Crippen LogP contribution in [0.15, 0.2) is 23.1 Å². The van der Waals surface area contributed by atoms with E-state index in [1.807, 2.05) is 6.08 Å². The summed E-state index contributed by atoms with van der Waals surface area (Å²) in [7, 11) is 1.22. The molecule has 0 fully saturated rings. The first-order chi connectivity index (χ1) is 14.8. The van der Waals surface area contributed by atoms with Crippen molar-refractivity contribution in [3.05, 3.63) is 41.5 Å². The summed E-state index contributed by atoms with van der Waals surface area (Å²) >= 11 is 0.536. The number of allylic oxidation sites excluding steroid dienone is 1. The maximum Gasteiger partial charge on any atom is 0.305 e. The van der Waals surface area contributed by atoms with Crippen LogP contribution >= 0.6 is 11.8 Å². The van der Waals surface area contributed by atoms with E-state index >= 15 is 0 Å². The third kappa shape index (κ3) is 10.2. The van der Waals surface area contributed by atoms with Gasteiger partial charge in [-0.1, -0.05) is 38.3 Å². The van der Waals surface area contributed by atoms with Crippen molar-refractivity contribution in [3.63, 3.8) is 0 Å². The minimum atomic E-state index is -1.50. The van der Waals surface area contributed by atoms with E-state index in [9.17, 15) is 27.2 Å². The molecular weight excluding hydrogens is 434 g/mol. The third-order valence-electron chi connectivity index (χ3n) is 4.48. The highest BCUT2D eigenvalue weighted by atomic mass is 32.2. The number of rotatable bonds is 14. The normalized spacial score (nSPS) is 12.2. The lowest BCUT2D eigenvalue weighted by Gasteiger charge is -2.18. The van der Waals surface area contributed by atoms with Crippen LogP contribution in [0.2, 0.25) is 0 Å². The number of nitrogens with one attached hydrogen (secondary N) is 1. The average molecular weight is 464 g/mol. The SMILES string of the molecule is CCCCCCC=CCC(=O)N[C@@H](CCC(=O)OC)CSc1c(F)c(F)cc(F)c1F. The van der Waals surface area contributed by atoms with Gasteiger partial charge in [0.05, 0.1) is 12.0 Å². The fourth-order valence-electron chi connectivity index (χ4n) is 2.74. The third-order valence-corrected chi connectivity index (χ3v) is 5.70. The summed E-state index contributed by atoms with van der Waals surface area (Å²) in [4.78, 5) is 22.8. The van der Waals surface area contributed by atoms with Crippen LogP contribution in [0.5, 0.6) is 0 Å². The second-order valence-electron chi connectivity index (χ2n) is 7.01. The van der Waals surface area contributed by atoms with Crippen LogP contribution in [-0.4, -0.2) is 30.8 Å². The quantitative estimate of drug-likeness (QED) is 0.0962. The van der Waals surface area contributed by atoms with E-state index in [4.69, 9.17) is 0 Å². The highest BCUT2D eigenvalue weighted by Gasteiger charge is 2.22. The molecule has 0 aromatic heterocycles. The number of thioether (sulfide) groups is 1. The van der Waals surface area contributed by atoms with E-state index in [-0.39, 0.29) is 37.0 Å². The van der Waals surface area contributed by atoms with Gasteiger partial charge in [-0.2, -0.15) is 0 Å². The zero-order valence-electron chi connectivity index (χ0n) is 17.8. The maximum atomic E-state index is 13.9. The van der Waals surface area contributed by atoms with Crippen molar-refractivity contribution in [2.45, 2.75) is 69.2 Å². The fraction of sp³-hybridized carbons (Fsp3) is 0.545. The molecule has 0 aliphatic carbocycles. The summed E-state index contributed by atoms with van der Waals surface area (Å²) in [5.41, 5.74) is 0. The first-order valence-electron chi connectivity index (χ1n) is 10.3. The Morgan fingerprint density at radius 3 is 2.39 bits per heavy atom. The molecule has 0 radical (unpaired) electrons. The molecule has 174 valence electrons. The van der Waals surface area contributed by atoms with Crippen LogP contribution in [-0.2, 0) is 14.3 Å². The van der Waals surface area contributed by atoms with Gasteiger partial charge in [-0.25, -0.2) is 17.6 Å². The maximum absolute atomic E-state index is 13.9. The molecule has 0 saturated carbocycles. The Morgan fingerprint density at radius 2 is 1.77 bits per heavy atom. The number of amides is 1. The largest absolute Gasteiger partial charge is 0.469 e. The smallest absolute Gasteiger partial charge is 0.305 e. The standard InChI is InChI=1S/C22H29F4NO3S/c1-3-4-5-6-7-8-9-10-18(28)27-15(11-12-19(29)30-2)14-31-22-20(25)16(23)13-17(24)21(22)26/h8-9,13,15H,3-7,10-12,14H2,1-2H3,(H,27,28)/t15-/m0/s1.